The third kappa shape index (κ3) is 3.26. The summed E-state index contributed by atoms with van der Waals surface area (Å²) in [5.74, 6) is -0.494. The third-order valence-corrected chi connectivity index (χ3v) is 2.08. The number of alkyl halides is 3. The van der Waals surface area contributed by atoms with E-state index in [4.69, 9.17) is 0 Å². The quantitative estimate of drug-likeness (QED) is 0.502. The maximum absolute atomic E-state index is 12.6. The van der Waals surface area contributed by atoms with Gasteiger partial charge >= 0.3 is 5.51 Å². The standard InChI is InChI=1S/C8H6F4S/c1-5-4-6(2-3-7(5)9)13-8(10,11)12/h2-4H,1H3. The van der Waals surface area contributed by atoms with Crippen molar-refractivity contribution in [1.82, 2.24) is 0 Å². The van der Waals surface area contributed by atoms with Crippen molar-refractivity contribution in [2.75, 3.05) is 0 Å². The fraction of sp³-hybridized carbons (Fsp3) is 0.250. The van der Waals surface area contributed by atoms with Gasteiger partial charge in [0.1, 0.15) is 5.82 Å². The summed E-state index contributed by atoms with van der Waals surface area (Å²) in [5.41, 5.74) is -4.10. The van der Waals surface area contributed by atoms with Gasteiger partial charge in [-0.25, -0.2) is 4.39 Å². The van der Waals surface area contributed by atoms with Gasteiger partial charge in [0.2, 0.25) is 0 Å². The summed E-state index contributed by atoms with van der Waals surface area (Å²) < 4.78 is 48.2. The molecule has 1 rings (SSSR count). The molecule has 5 heteroatoms. The van der Waals surface area contributed by atoms with Crippen LogP contribution in [-0.4, -0.2) is 5.51 Å². The molecular weight excluding hydrogens is 204 g/mol. The van der Waals surface area contributed by atoms with E-state index in [1.807, 2.05) is 0 Å². The molecule has 0 aliphatic rings. The number of thioether (sulfide) groups is 1. The highest BCUT2D eigenvalue weighted by Gasteiger charge is 2.29. The van der Waals surface area contributed by atoms with Gasteiger partial charge in [0.15, 0.2) is 0 Å². The molecule has 0 aliphatic carbocycles. The van der Waals surface area contributed by atoms with Crippen LogP contribution in [0.1, 0.15) is 5.56 Å². The first kappa shape index (κ1) is 10.4. The van der Waals surface area contributed by atoms with E-state index >= 15 is 0 Å². The van der Waals surface area contributed by atoms with Crippen molar-refractivity contribution in [2.24, 2.45) is 0 Å². The van der Waals surface area contributed by atoms with Crippen LogP contribution in [0, 0.1) is 12.7 Å². The van der Waals surface area contributed by atoms with Crippen molar-refractivity contribution < 1.29 is 17.6 Å². The second-order valence-electron chi connectivity index (χ2n) is 2.46. The molecule has 0 nitrogen and oxygen atoms in total. The van der Waals surface area contributed by atoms with Crippen LogP contribution in [0.15, 0.2) is 23.1 Å². The molecule has 0 saturated carbocycles. The Morgan fingerprint density at radius 2 is 1.85 bits per heavy atom. The van der Waals surface area contributed by atoms with E-state index in [2.05, 4.69) is 0 Å². The summed E-state index contributed by atoms with van der Waals surface area (Å²) in [6, 6.07) is 3.32. The molecule has 0 heterocycles. The minimum atomic E-state index is -4.32. The summed E-state index contributed by atoms with van der Waals surface area (Å²) in [6.45, 7) is 1.43. The lowest BCUT2D eigenvalue weighted by atomic mass is 10.2. The zero-order valence-corrected chi connectivity index (χ0v) is 7.47. The van der Waals surface area contributed by atoms with Crippen molar-refractivity contribution in [2.45, 2.75) is 17.3 Å². The molecule has 1 aromatic carbocycles. The topological polar surface area (TPSA) is 0 Å². The fourth-order valence-corrected chi connectivity index (χ4v) is 1.45. The third-order valence-electron chi connectivity index (χ3n) is 1.36. The van der Waals surface area contributed by atoms with Crippen molar-refractivity contribution in [3.05, 3.63) is 29.6 Å². The summed E-state index contributed by atoms with van der Waals surface area (Å²) >= 11 is -0.243. The van der Waals surface area contributed by atoms with Gasteiger partial charge in [0.25, 0.3) is 0 Å². The normalized spacial score (nSPS) is 11.8. The molecular formula is C8H6F4S. The van der Waals surface area contributed by atoms with E-state index in [0.717, 1.165) is 12.1 Å². The second-order valence-corrected chi connectivity index (χ2v) is 3.60. The van der Waals surface area contributed by atoms with Crippen molar-refractivity contribution in [3.63, 3.8) is 0 Å². The highest BCUT2D eigenvalue weighted by molar-refractivity contribution is 8.00. The second kappa shape index (κ2) is 3.57. The van der Waals surface area contributed by atoms with E-state index < -0.39 is 11.3 Å². The van der Waals surface area contributed by atoms with Crippen molar-refractivity contribution in [1.29, 1.82) is 0 Å². The molecule has 0 aliphatic heterocycles. The molecule has 0 aromatic heterocycles. The highest BCUT2D eigenvalue weighted by Crippen LogP contribution is 2.37. The first-order valence-electron chi connectivity index (χ1n) is 3.40. The molecule has 0 spiro atoms. The van der Waals surface area contributed by atoms with Crippen LogP contribution >= 0.6 is 11.8 Å². The number of aryl methyl sites for hydroxylation is 1. The van der Waals surface area contributed by atoms with Gasteiger partial charge < -0.3 is 0 Å². The zero-order valence-electron chi connectivity index (χ0n) is 6.65. The van der Waals surface area contributed by atoms with Gasteiger partial charge in [-0.1, -0.05) is 0 Å². The molecule has 13 heavy (non-hydrogen) atoms. The Morgan fingerprint density at radius 3 is 2.31 bits per heavy atom. The van der Waals surface area contributed by atoms with E-state index in [1.54, 1.807) is 0 Å². The van der Waals surface area contributed by atoms with E-state index in [1.165, 1.54) is 13.0 Å². The van der Waals surface area contributed by atoms with Gasteiger partial charge in [0, 0.05) is 4.90 Å². The lowest BCUT2D eigenvalue weighted by Crippen LogP contribution is -1.99. The summed E-state index contributed by atoms with van der Waals surface area (Å²) in [6.07, 6.45) is 0. The number of rotatable bonds is 1. The maximum Gasteiger partial charge on any atom is 0.446 e. The van der Waals surface area contributed by atoms with Crippen LogP contribution in [0.3, 0.4) is 0 Å². The maximum atomic E-state index is 12.6. The molecule has 0 fully saturated rings. The van der Waals surface area contributed by atoms with E-state index in [9.17, 15) is 17.6 Å². The van der Waals surface area contributed by atoms with Crippen LogP contribution in [0.2, 0.25) is 0 Å². The monoisotopic (exact) mass is 210 g/mol. The molecule has 0 bridgehead atoms. The minimum Gasteiger partial charge on any atom is -0.207 e. The highest BCUT2D eigenvalue weighted by atomic mass is 32.2. The van der Waals surface area contributed by atoms with Crippen molar-refractivity contribution in [3.8, 4) is 0 Å². The molecule has 72 valence electrons. The van der Waals surface area contributed by atoms with Crippen LogP contribution < -0.4 is 0 Å². The molecule has 0 atom stereocenters. The molecule has 0 N–H and O–H groups in total. The predicted molar refractivity (Wildman–Crippen MR) is 43.0 cm³/mol. The van der Waals surface area contributed by atoms with Gasteiger partial charge in [-0.2, -0.15) is 13.2 Å². The van der Waals surface area contributed by atoms with Gasteiger partial charge in [-0.3, -0.25) is 0 Å². The van der Waals surface area contributed by atoms with Gasteiger partial charge in [-0.15, -0.1) is 0 Å². The van der Waals surface area contributed by atoms with Gasteiger partial charge in [0.05, 0.1) is 0 Å². The van der Waals surface area contributed by atoms with Crippen molar-refractivity contribution >= 4 is 11.8 Å². The zero-order chi connectivity index (χ0) is 10.1. The summed E-state index contributed by atoms with van der Waals surface area (Å²) in [5, 5.41) is 0. The molecule has 1 aromatic rings. The van der Waals surface area contributed by atoms with E-state index in [-0.39, 0.29) is 22.2 Å². The lowest BCUT2D eigenvalue weighted by molar-refractivity contribution is -0.0328. The van der Waals surface area contributed by atoms with E-state index in [0.29, 0.717) is 0 Å². The molecule has 0 unspecified atom stereocenters. The average Bonchev–Trinajstić information content (AvgIpc) is 1.94. The number of halogens is 4. The predicted octanol–water partition coefficient (Wildman–Crippen LogP) is 3.75. The minimum absolute atomic E-state index is 0.00593. The smallest absolute Gasteiger partial charge is 0.207 e. The summed E-state index contributed by atoms with van der Waals surface area (Å²) in [7, 11) is 0. The number of hydrogen-bond donors (Lipinski definition) is 0. The first-order valence-corrected chi connectivity index (χ1v) is 4.22. The summed E-state index contributed by atoms with van der Waals surface area (Å²) in [4.78, 5) is 0.00593. The van der Waals surface area contributed by atoms with Crippen LogP contribution in [0.5, 0.6) is 0 Å². The molecule has 0 saturated heterocycles. The van der Waals surface area contributed by atoms with Gasteiger partial charge in [-0.05, 0) is 42.4 Å². The number of benzene rings is 1. The lowest BCUT2D eigenvalue weighted by Gasteiger charge is -2.05. The first-order chi connectivity index (χ1) is 5.88. The Labute approximate surface area is 76.9 Å². The van der Waals surface area contributed by atoms with Crippen LogP contribution in [-0.2, 0) is 0 Å². The fourth-order valence-electron chi connectivity index (χ4n) is 0.814. The van der Waals surface area contributed by atoms with Crippen LogP contribution in [0.4, 0.5) is 17.6 Å². The average molecular weight is 210 g/mol. The Bertz CT molecular complexity index is 306. The Balaban J connectivity index is 2.86. The molecule has 0 radical (unpaired) electrons. The number of hydrogen-bond acceptors (Lipinski definition) is 1. The van der Waals surface area contributed by atoms with Crippen LogP contribution in [0.25, 0.3) is 0 Å². The Hall–Kier alpha value is -0.710. The largest absolute Gasteiger partial charge is 0.446 e. The SMILES string of the molecule is Cc1cc(SC(F)(F)F)ccc1F. The Morgan fingerprint density at radius 1 is 1.23 bits per heavy atom. The Kier molecular flexibility index (Phi) is 2.85. The molecule has 0 amide bonds.